The number of nitrogens with one attached hydrogen (secondary N) is 1. The van der Waals surface area contributed by atoms with Gasteiger partial charge < -0.3 is 4.98 Å². The zero-order valence-electron chi connectivity index (χ0n) is 11.8. The minimum absolute atomic E-state index is 0.259. The molecule has 1 unspecified atom stereocenters. The lowest BCUT2D eigenvalue weighted by molar-refractivity contribution is 0.460. The highest BCUT2D eigenvalue weighted by molar-refractivity contribution is 7.92. The molecule has 0 saturated heterocycles. The average Bonchev–Trinajstić information content (AvgIpc) is 2.81. The molecule has 0 spiro atoms. The maximum Gasteiger partial charge on any atom is 0.317 e. The number of hydrogen-bond donors (Lipinski definition) is 3. The van der Waals surface area contributed by atoms with Crippen molar-refractivity contribution in [2.45, 2.75) is 28.1 Å². The van der Waals surface area contributed by atoms with Gasteiger partial charge >= 0.3 is 13.2 Å². The molecule has 0 aliphatic carbocycles. The second kappa shape index (κ2) is 8.65. The number of aromatic amines is 1. The third kappa shape index (κ3) is 7.84. The Hall–Kier alpha value is -0.360. The van der Waals surface area contributed by atoms with E-state index in [1.54, 1.807) is 6.20 Å². The third-order valence-electron chi connectivity index (χ3n) is 2.33. The van der Waals surface area contributed by atoms with Gasteiger partial charge in [0.1, 0.15) is 11.1 Å². The van der Waals surface area contributed by atoms with Gasteiger partial charge in [0.15, 0.2) is 0 Å². The normalized spacial score (nSPS) is 13.8. The molecule has 0 fully saturated rings. The van der Waals surface area contributed by atoms with E-state index in [9.17, 15) is 16.8 Å². The van der Waals surface area contributed by atoms with Gasteiger partial charge in [-0.05, 0) is 12.5 Å². The Kier molecular flexibility index (Phi) is 8.52. The maximum atomic E-state index is 11.1. The molecule has 0 aromatic carbocycles. The highest BCUT2D eigenvalue weighted by Crippen LogP contribution is 2.31. The summed E-state index contributed by atoms with van der Waals surface area (Å²) in [6.07, 6.45) is 4.04. The zero-order chi connectivity index (χ0) is 18.5. The van der Waals surface area contributed by atoms with Gasteiger partial charge in [-0.25, -0.2) is 4.98 Å². The maximum absolute atomic E-state index is 11.1. The molecule has 1 rings (SSSR count). The summed E-state index contributed by atoms with van der Waals surface area (Å²) < 4.78 is 56.1. The van der Waals surface area contributed by atoms with Crippen LogP contribution in [0.5, 0.6) is 0 Å². The van der Waals surface area contributed by atoms with Crippen molar-refractivity contribution in [3.63, 3.8) is 0 Å². The van der Waals surface area contributed by atoms with Gasteiger partial charge in [0, 0.05) is 6.20 Å². The first kappa shape index (κ1) is 22.6. The molecule has 0 amide bonds. The number of imidazole rings is 1. The van der Waals surface area contributed by atoms with E-state index in [0.29, 0.717) is 18.5 Å². The second-order valence-corrected chi connectivity index (χ2v) is 10.2. The molecule has 0 saturated carbocycles. The first-order chi connectivity index (χ1) is 10.2. The van der Waals surface area contributed by atoms with Crippen LogP contribution in [0.3, 0.4) is 0 Å². The number of aromatic nitrogens is 2. The Morgan fingerprint density at radius 1 is 1.35 bits per heavy atom. The molecular formula is C10H15Cl3N2O6S2. The van der Waals surface area contributed by atoms with Crippen molar-refractivity contribution in [2.75, 3.05) is 0 Å². The smallest absolute Gasteiger partial charge is 0.317 e. The molecule has 1 aromatic heterocycles. The molecule has 0 aliphatic rings. The molecule has 1 atom stereocenters. The second-order valence-electron chi connectivity index (χ2n) is 4.13. The lowest BCUT2D eigenvalue weighted by Crippen LogP contribution is -2.17. The Bertz CT molecular complexity index is 724. The Morgan fingerprint density at radius 2 is 1.83 bits per heavy atom. The van der Waals surface area contributed by atoms with Crippen LogP contribution in [-0.4, -0.2) is 39.0 Å². The predicted molar refractivity (Wildman–Crippen MR) is 89.7 cm³/mol. The largest absolute Gasteiger partial charge is 0.347 e. The van der Waals surface area contributed by atoms with E-state index in [2.05, 4.69) is 16.5 Å². The van der Waals surface area contributed by atoms with Gasteiger partial charge in [-0.3, -0.25) is 9.11 Å². The number of halogens is 3. The van der Waals surface area contributed by atoms with E-state index in [1.165, 1.54) is 6.08 Å². The van der Waals surface area contributed by atoms with Crippen molar-refractivity contribution in [1.29, 1.82) is 0 Å². The van der Waals surface area contributed by atoms with Crippen LogP contribution in [0.25, 0.3) is 6.08 Å². The number of hydrogen-bond acceptors (Lipinski definition) is 5. The summed E-state index contributed by atoms with van der Waals surface area (Å²) in [5.74, 6) is 0.259. The van der Waals surface area contributed by atoms with Crippen LogP contribution in [0.1, 0.15) is 36.5 Å². The predicted octanol–water partition coefficient (Wildman–Crippen LogP) is 2.98. The van der Waals surface area contributed by atoms with Crippen molar-refractivity contribution in [1.82, 2.24) is 9.97 Å². The van der Waals surface area contributed by atoms with E-state index < -0.39 is 28.6 Å². The standard InChI is InChI=1S/C9H14N2O3S.CHCl3O3S/c1-3-5-8(15(12,13)14)9-10-6-7(4-2)11-9;2-1(3,4)8(5,6)7/h4,6,8H,2-3,5H2,1H3,(H,10,11)(H,12,13,14);(H,5,6,7). The Labute approximate surface area is 149 Å². The fourth-order valence-corrected chi connectivity index (χ4v) is 2.25. The minimum atomic E-state index is -4.54. The van der Waals surface area contributed by atoms with Gasteiger partial charge in [-0.1, -0.05) is 54.7 Å². The SMILES string of the molecule is C=Cc1c[nH]c(C(CCC)S(=O)(=O)O)n1.O=S(=O)(O)C(Cl)(Cl)Cl. The van der Waals surface area contributed by atoms with Crippen molar-refractivity contribution in [3.05, 3.63) is 24.3 Å². The molecule has 8 nitrogen and oxygen atoms in total. The van der Waals surface area contributed by atoms with Crippen LogP contribution in [0.2, 0.25) is 0 Å². The molecule has 3 N–H and O–H groups in total. The fourth-order valence-electron chi connectivity index (χ4n) is 1.31. The zero-order valence-corrected chi connectivity index (χ0v) is 15.7. The van der Waals surface area contributed by atoms with Gasteiger partial charge in [0.25, 0.3) is 10.1 Å². The third-order valence-corrected chi connectivity index (χ3v) is 5.85. The summed E-state index contributed by atoms with van der Waals surface area (Å²) in [4.78, 5) is 6.73. The summed E-state index contributed by atoms with van der Waals surface area (Å²) in [5.41, 5.74) is 0.565. The minimum Gasteiger partial charge on any atom is -0.347 e. The summed E-state index contributed by atoms with van der Waals surface area (Å²) in [5, 5.41) is -0.976. The van der Waals surface area contributed by atoms with Crippen LogP contribution in [-0.2, 0) is 20.2 Å². The van der Waals surface area contributed by atoms with Crippen molar-refractivity contribution in [2.24, 2.45) is 0 Å². The monoisotopic (exact) mass is 428 g/mol. The van der Waals surface area contributed by atoms with Gasteiger partial charge in [0.05, 0.1) is 5.69 Å². The van der Waals surface area contributed by atoms with Crippen LogP contribution in [0.4, 0.5) is 0 Å². The highest BCUT2D eigenvalue weighted by atomic mass is 35.6. The number of nitrogens with zero attached hydrogens (tertiary/aromatic N) is 1. The summed E-state index contributed by atoms with van der Waals surface area (Å²) in [6.45, 7) is 5.36. The van der Waals surface area contributed by atoms with Crippen LogP contribution < -0.4 is 0 Å². The number of H-pyrrole nitrogens is 1. The molecule has 1 aromatic rings. The lowest BCUT2D eigenvalue weighted by atomic mass is 10.2. The van der Waals surface area contributed by atoms with Crippen molar-refractivity contribution in [3.8, 4) is 0 Å². The fraction of sp³-hybridized carbons (Fsp3) is 0.500. The molecule has 134 valence electrons. The molecule has 0 bridgehead atoms. The number of alkyl halides is 3. The first-order valence-electron chi connectivity index (χ1n) is 5.91. The molecule has 0 aliphatic heterocycles. The Morgan fingerprint density at radius 3 is 2.09 bits per heavy atom. The summed E-state index contributed by atoms with van der Waals surface area (Å²) >= 11 is 14.1. The van der Waals surface area contributed by atoms with Crippen molar-refractivity contribution >= 4 is 61.1 Å². The lowest BCUT2D eigenvalue weighted by Gasteiger charge is -2.09. The Balaban J connectivity index is 0.000000515. The van der Waals surface area contributed by atoms with Crippen LogP contribution in [0, 0.1) is 0 Å². The molecule has 0 radical (unpaired) electrons. The molecular weight excluding hydrogens is 415 g/mol. The van der Waals surface area contributed by atoms with Crippen LogP contribution in [0.15, 0.2) is 12.8 Å². The number of rotatable bonds is 5. The van der Waals surface area contributed by atoms with Gasteiger partial charge in [-0.2, -0.15) is 16.8 Å². The first-order valence-corrected chi connectivity index (χ1v) is 9.99. The average molecular weight is 430 g/mol. The molecule has 1 heterocycles. The topological polar surface area (TPSA) is 137 Å². The highest BCUT2D eigenvalue weighted by Gasteiger charge is 2.35. The molecule has 23 heavy (non-hydrogen) atoms. The van der Waals surface area contributed by atoms with Gasteiger partial charge in [0.2, 0.25) is 0 Å². The van der Waals surface area contributed by atoms with E-state index in [4.69, 9.17) is 43.9 Å². The van der Waals surface area contributed by atoms with Crippen molar-refractivity contribution < 1.29 is 25.9 Å². The van der Waals surface area contributed by atoms with Crippen LogP contribution >= 0.6 is 34.8 Å². The quantitative estimate of drug-likeness (QED) is 0.483. The van der Waals surface area contributed by atoms with E-state index >= 15 is 0 Å². The van der Waals surface area contributed by atoms with E-state index in [0.717, 1.165) is 0 Å². The molecule has 13 heteroatoms. The van der Waals surface area contributed by atoms with E-state index in [1.807, 2.05) is 6.92 Å². The van der Waals surface area contributed by atoms with E-state index in [-0.39, 0.29) is 5.82 Å². The summed E-state index contributed by atoms with van der Waals surface area (Å²) in [6, 6.07) is 0. The summed E-state index contributed by atoms with van der Waals surface area (Å²) in [7, 11) is -8.65. The van der Waals surface area contributed by atoms with Gasteiger partial charge in [-0.15, -0.1) is 0 Å².